The fourth-order valence-corrected chi connectivity index (χ4v) is 1.09. The molecule has 0 aliphatic carbocycles. The number of hydrogen-bond acceptors (Lipinski definition) is 2. The van der Waals surface area contributed by atoms with Crippen molar-refractivity contribution in [1.29, 1.82) is 0 Å². The van der Waals surface area contributed by atoms with E-state index in [2.05, 4.69) is 0 Å². The van der Waals surface area contributed by atoms with Crippen LogP contribution < -0.4 is 0 Å². The van der Waals surface area contributed by atoms with Crippen LogP contribution in [-0.2, 0) is 27.2 Å². The Morgan fingerprint density at radius 3 is 1.82 bits per heavy atom. The first-order chi connectivity index (χ1) is 4.61. The van der Waals surface area contributed by atoms with Gasteiger partial charge in [-0.3, -0.25) is 4.55 Å². The predicted molar refractivity (Wildman–Crippen MR) is 36.3 cm³/mol. The zero-order valence-electron chi connectivity index (χ0n) is 5.36. The van der Waals surface area contributed by atoms with Gasteiger partial charge in [-0.25, -0.2) is 0 Å². The summed E-state index contributed by atoms with van der Waals surface area (Å²) in [6.45, 7) is 0. The average molecular weight is 222 g/mol. The standard InChI is InChI=1S/C6H6O3S.Cu/c7-10(8,9)6-4-2-1-3-5-6;/h1-5H,(H,7,8,9);. The second kappa shape index (κ2) is 3.87. The largest absolute Gasteiger partial charge is 0.294 e. The van der Waals surface area contributed by atoms with Gasteiger partial charge in [0.05, 0.1) is 4.90 Å². The molecule has 1 aromatic rings. The summed E-state index contributed by atoms with van der Waals surface area (Å²) in [5, 5.41) is 0. The summed E-state index contributed by atoms with van der Waals surface area (Å²) in [7, 11) is -4.00. The Kier molecular flexibility index (Phi) is 3.75. The summed E-state index contributed by atoms with van der Waals surface area (Å²) in [5.74, 6) is 0. The third-order valence-corrected chi connectivity index (χ3v) is 1.91. The van der Waals surface area contributed by atoms with Crippen LogP contribution in [0.25, 0.3) is 0 Å². The van der Waals surface area contributed by atoms with Crippen LogP contribution in [0, 0.1) is 0 Å². The van der Waals surface area contributed by atoms with E-state index in [4.69, 9.17) is 4.55 Å². The van der Waals surface area contributed by atoms with Crippen molar-refractivity contribution in [3.63, 3.8) is 0 Å². The molecule has 0 aromatic heterocycles. The number of rotatable bonds is 1. The van der Waals surface area contributed by atoms with E-state index < -0.39 is 10.1 Å². The van der Waals surface area contributed by atoms with Crippen LogP contribution in [-0.4, -0.2) is 13.0 Å². The van der Waals surface area contributed by atoms with Crippen molar-refractivity contribution >= 4 is 10.1 Å². The normalized spacial score (nSPS) is 10.3. The first-order valence-electron chi connectivity index (χ1n) is 2.63. The van der Waals surface area contributed by atoms with Crippen LogP contribution in [0.2, 0.25) is 0 Å². The van der Waals surface area contributed by atoms with Crippen molar-refractivity contribution in [1.82, 2.24) is 0 Å². The maximum atomic E-state index is 10.4. The molecular formula is C6H6CuO3S. The van der Waals surface area contributed by atoms with Gasteiger partial charge in [-0.15, -0.1) is 0 Å². The van der Waals surface area contributed by atoms with Crippen molar-refractivity contribution in [2.24, 2.45) is 0 Å². The van der Waals surface area contributed by atoms with Gasteiger partial charge < -0.3 is 0 Å². The minimum absolute atomic E-state index is 0. The molecule has 0 unspecified atom stereocenters. The summed E-state index contributed by atoms with van der Waals surface area (Å²) in [4.78, 5) is -0.0741. The van der Waals surface area contributed by atoms with Gasteiger partial charge in [0.25, 0.3) is 10.1 Å². The average Bonchev–Trinajstić information content (AvgIpc) is 1.88. The Morgan fingerprint density at radius 2 is 1.55 bits per heavy atom. The third-order valence-electron chi connectivity index (χ3n) is 1.04. The summed E-state index contributed by atoms with van der Waals surface area (Å²) >= 11 is 0. The first-order valence-corrected chi connectivity index (χ1v) is 4.07. The summed E-state index contributed by atoms with van der Waals surface area (Å²) in [5.41, 5.74) is 0. The Morgan fingerprint density at radius 1 is 1.09 bits per heavy atom. The van der Waals surface area contributed by atoms with Gasteiger partial charge in [-0.05, 0) is 12.1 Å². The molecule has 0 saturated heterocycles. The van der Waals surface area contributed by atoms with Crippen molar-refractivity contribution in [2.45, 2.75) is 4.90 Å². The minimum atomic E-state index is -4.00. The van der Waals surface area contributed by atoms with Crippen LogP contribution in [0.15, 0.2) is 35.2 Å². The molecule has 1 rings (SSSR count). The molecule has 0 spiro atoms. The van der Waals surface area contributed by atoms with E-state index in [1.165, 1.54) is 12.1 Å². The van der Waals surface area contributed by atoms with Crippen molar-refractivity contribution in [3.05, 3.63) is 30.3 Å². The van der Waals surface area contributed by atoms with E-state index >= 15 is 0 Å². The van der Waals surface area contributed by atoms with Crippen LogP contribution in [0.1, 0.15) is 0 Å². The molecule has 1 N–H and O–H groups in total. The number of benzene rings is 1. The smallest absolute Gasteiger partial charge is 0.282 e. The van der Waals surface area contributed by atoms with Crippen molar-refractivity contribution in [3.8, 4) is 0 Å². The minimum Gasteiger partial charge on any atom is -0.282 e. The second-order valence-corrected chi connectivity index (χ2v) is 3.21. The molecule has 0 amide bonds. The molecule has 3 nitrogen and oxygen atoms in total. The zero-order chi connectivity index (χ0) is 7.61. The first kappa shape index (κ1) is 10.6. The van der Waals surface area contributed by atoms with E-state index in [0.29, 0.717) is 0 Å². The topological polar surface area (TPSA) is 54.4 Å². The SMILES string of the molecule is O=S(=O)(O)c1ccccc1.[Cu]. The molecule has 11 heavy (non-hydrogen) atoms. The molecule has 0 bridgehead atoms. The molecule has 0 atom stereocenters. The Bertz CT molecular complexity index is 306. The molecule has 1 radical (unpaired) electrons. The molecule has 65 valence electrons. The van der Waals surface area contributed by atoms with Crippen LogP contribution >= 0.6 is 0 Å². The summed E-state index contributed by atoms with van der Waals surface area (Å²) in [6, 6.07) is 7.42. The molecular weight excluding hydrogens is 216 g/mol. The van der Waals surface area contributed by atoms with E-state index in [1.54, 1.807) is 18.2 Å². The van der Waals surface area contributed by atoms with Crippen LogP contribution in [0.4, 0.5) is 0 Å². The molecule has 0 heterocycles. The third kappa shape index (κ3) is 3.03. The molecule has 0 saturated carbocycles. The molecule has 0 fully saturated rings. The van der Waals surface area contributed by atoms with Gasteiger partial charge in [-0.2, -0.15) is 8.42 Å². The molecule has 1 aromatic carbocycles. The summed E-state index contributed by atoms with van der Waals surface area (Å²) < 4.78 is 29.2. The van der Waals surface area contributed by atoms with Gasteiger partial charge in [-0.1, -0.05) is 18.2 Å². The molecule has 5 heteroatoms. The van der Waals surface area contributed by atoms with Gasteiger partial charge in [0.2, 0.25) is 0 Å². The summed E-state index contributed by atoms with van der Waals surface area (Å²) in [6.07, 6.45) is 0. The van der Waals surface area contributed by atoms with Gasteiger partial charge >= 0.3 is 0 Å². The predicted octanol–water partition coefficient (Wildman–Crippen LogP) is 0.931. The van der Waals surface area contributed by atoms with Gasteiger partial charge in [0.1, 0.15) is 0 Å². The maximum Gasteiger partial charge on any atom is 0.294 e. The van der Waals surface area contributed by atoms with Gasteiger partial charge in [0.15, 0.2) is 0 Å². The van der Waals surface area contributed by atoms with Crippen molar-refractivity contribution < 1.29 is 30.0 Å². The van der Waals surface area contributed by atoms with E-state index in [-0.39, 0.29) is 22.0 Å². The zero-order valence-corrected chi connectivity index (χ0v) is 7.12. The Labute approximate surface area is 75.7 Å². The van der Waals surface area contributed by atoms with E-state index in [1.807, 2.05) is 0 Å². The quantitative estimate of drug-likeness (QED) is 0.567. The number of hydrogen-bond donors (Lipinski definition) is 1. The van der Waals surface area contributed by atoms with Crippen molar-refractivity contribution in [2.75, 3.05) is 0 Å². The van der Waals surface area contributed by atoms with E-state index in [9.17, 15) is 8.42 Å². The Balaban J connectivity index is 0.000001000. The molecule has 0 aliphatic heterocycles. The molecule has 0 aliphatic rings. The van der Waals surface area contributed by atoms with Crippen LogP contribution in [0.5, 0.6) is 0 Å². The van der Waals surface area contributed by atoms with Crippen LogP contribution in [0.3, 0.4) is 0 Å². The fraction of sp³-hybridized carbons (Fsp3) is 0. The second-order valence-electron chi connectivity index (χ2n) is 1.79. The monoisotopic (exact) mass is 221 g/mol. The maximum absolute atomic E-state index is 10.4. The van der Waals surface area contributed by atoms with E-state index in [0.717, 1.165) is 0 Å². The van der Waals surface area contributed by atoms with Gasteiger partial charge in [0, 0.05) is 17.1 Å². The Hall–Kier alpha value is -0.351. The fourth-order valence-electron chi connectivity index (χ4n) is 0.592.